The Kier molecular flexibility index (Phi) is 6.92. The summed E-state index contributed by atoms with van der Waals surface area (Å²) < 4.78 is 5.80. The van der Waals surface area contributed by atoms with Gasteiger partial charge in [0.05, 0.1) is 5.71 Å². The molecule has 0 spiro atoms. The van der Waals surface area contributed by atoms with Gasteiger partial charge in [0.25, 0.3) is 0 Å². The first kappa shape index (κ1) is 18.7. The fourth-order valence-corrected chi connectivity index (χ4v) is 3.14. The first-order valence-corrected chi connectivity index (χ1v) is 9.50. The van der Waals surface area contributed by atoms with Crippen LogP contribution < -0.4 is 4.74 Å². The van der Waals surface area contributed by atoms with Gasteiger partial charge in [0, 0.05) is 18.1 Å². The minimum Gasteiger partial charge on any atom is -0.457 e. The lowest BCUT2D eigenvalue weighted by Crippen LogP contribution is -2.15. The molecule has 138 valence electrons. The second-order valence-electron chi connectivity index (χ2n) is 6.46. The summed E-state index contributed by atoms with van der Waals surface area (Å²) in [6.07, 6.45) is 6.46. The minimum atomic E-state index is 0.0376. The zero-order valence-corrected chi connectivity index (χ0v) is 15.5. The monoisotopic (exact) mass is 373 g/mol. The SMILES string of the molecule is OCCC(=NOC1CCCCC1)c1ccc(Oc2ccc(Cl)cc2)cc1. The fourth-order valence-electron chi connectivity index (χ4n) is 3.01. The molecule has 1 aliphatic carbocycles. The zero-order chi connectivity index (χ0) is 18.2. The largest absolute Gasteiger partial charge is 0.457 e. The Morgan fingerprint density at radius 1 is 0.962 bits per heavy atom. The molecule has 0 atom stereocenters. The highest BCUT2D eigenvalue weighted by atomic mass is 35.5. The molecule has 0 saturated heterocycles. The number of aliphatic hydroxyl groups is 1. The van der Waals surface area contributed by atoms with Crippen LogP contribution >= 0.6 is 11.6 Å². The van der Waals surface area contributed by atoms with Crippen molar-refractivity contribution < 1.29 is 14.7 Å². The van der Waals surface area contributed by atoms with Crippen LogP contribution in [0.1, 0.15) is 44.1 Å². The first-order valence-electron chi connectivity index (χ1n) is 9.12. The Bertz CT molecular complexity index is 707. The summed E-state index contributed by atoms with van der Waals surface area (Å²) in [6.45, 7) is 0.0376. The number of hydrogen-bond donors (Lipinski definition) is 1. The van der Waals surface area contributed by atoms with Gasteiger partial charge in [0.1, 0.15) is 17.6 Å². The fraction of sp³-hybridized carbons (Fsp3) is 0.381. The van der Waals surface area contributed by atoms with Crippen LogP contribution in [0.15, 0.2) is 53.7 Å². The molecule has 2 aromatic rings. The lowest BCUT2D eigenvalue weighted by Gasteiger charge is -2.20. The van der Waals surface area contributed by atoms with Gasteiger partial charge in [-0.1, -0.05) is 23.2 Å². The molecule has 5 heteroatoms. The van der Waals surface area contributed by atoms with Crippen molar-refractivity contribution in [2.45, 2.75) is 44.6 Å². The molecule has 4 nitrogen and oxygen atoms in total. The minimum absolute atomic E-state index is 0.0376. The van der Waals surface area contributed by atoms with Gasteiger partial charge in [-0.3, -0.25) is 0 Å². The van der Waals surface area contributed by atoms with E-state index >= 15 is 0 Å². The van der Waals surface area contributed by atoms with Crippen molar-refractivity contribution in [1.82, 2.24) is 0 Å². The Labute approximate surface area is 159 Å². The van der Waals surface area contributed by atoms with Gasteiger partial charge in [-0.2, -0.15) is 0 Å². The van der Waals surface area contributed by atoms with Crippen LogP contribution in [0.25, 0.3) is 0 Å². The van der Waals surface area contributed by atoms with E-state index in [0.29, 0.717) is 11.4 Å². The average Bonchev–Trinajstić information content (AvgIpc) is 2.68. The van der Waals surface area contributed by atoms with Gasteiger partial charge < -0.3 is 14.7 Å². The second-order valence-corrected chi connectivity index (χ2v) is 6.89. The molecule has 26 heavy (non-hydrogen) atoms. The average molecular weight is 374 g/mol. The molecule has 1 N–H and O–H groups in total. The molecule has 1 saturated carbocycles. The maximum absolute atomic E-state index is 9.33. The van der Waals surface area contributed by atoms with E-state index in [1.165, 1.54) is 19.3 Å². The lowest BCUT2D eigenvalue weighted by atomic mass is 9.98. The topological polar surface area (TPSA) is 51.1 Å². The summed E-state index contributed by atoms with van der Waals surface area (Å²) in [6, 6.07) is 14.9. The van der Waals surface area contributed by atoms with Gasteiger partial charge in [0.2, 0.25) is 0 Å². The van der Waals surface area contributed by atoms with Crippen LogP contribution in [-0.4, -0.2) is 23.5 Å². The number of nitrogens with zero attached hydrogens (tertiary/aromatic N) is 1. The quantitative estimate of drug-likeness (QED) is 0.510. The van der Waals surface area contributed by atoms with Crippen molar-refractivity contribution in [3.8, 4) is 11.5 Å². The molecule has 0 unspecified atom stereocenters. The van der Waals surface area contributed by atoms with Crippen LogP contribution in [0.3, 0.4) is 0 Å². The van der Waals surface area contributed by atoms with Crippen LogP contribution in [0.2, 0.25) is 5.02 Å². The van der Waals surface area contributed by atoms with Crippen LogP contribution in [0, 0.1) is 0 Å². The van der Waals surface area contributed by atoms with E-state index in [-0.39, 0.29) is 12.7 Å². The number of rotatable bonds is 7. The molecule has 0 aliphatic heterocycles. The summed E-state index contributed by atoms with van der Waals surface area (Å²) in [5, 5.41) is 14.3. The molecule has 1 aliphatic rings. The van der Waals surface area contributed by atoms with Crippen LogP contribution in [0.4, 0.5) is 0 Å². The maximum atomic E-state index is 9.33. The standard InChI is InChI=1S/C21H24ClNO3/c22-17-8-12-19(13-9-17)25-18-10-6-16(7-11-18)21(14-15-24)23-26-20-4-2-1-3-5-20/h6-13,20,24H,1-5,14-15H2. The van der Waals surface area contributed by atoms with E-state index in [1.807, 2.05) is 36.4 Å². The van der Waals surface area contributed by atoms with Gasteiger partial charge in [-0.25, -0.2) is 0 Å². The molecule has 0 aromatic heterocycles. The van der Waals surface area contributed by atoms with E-state index in [0.717, 1.165) is 35.6 Å². The van der Waals surface area contributed by atoms with Crippen LogP contribution in [-0.2, 0) is 4.84 Å². The summed E-state index contributed by atoms with van der Waals surface area (Å²) in [5.74, 6) is 1.46. The van der Waals surface area contributed by atoms with E-state index in [2.05, 4.69) is 5.16 Å². The molecule has 0 radical (unpaired) electrons. The smallest absolute Gasteiger partial charge is 0.127 e. The number of oxime groups is 1. The first-order chi connectivity index (χ1) is 12.7. The Morgan fingerprint density at radius 2 is 1.58 bits per heavy atom. The summed E-state index contributed by atoms with van der Waals surface area (Å²) in [4.78, 5) is 5.72. The molecule has 1 fully saturated rings. The van der Waals surface area contributed by atoms with Crippen molar-refractivity contribution in [2.24, 2.45) is 5.16 Å². The van der Waals surface area contributed by atoms with E-state index in [9.17, 15) is 5.11 Å². The van der Waals surface area contributed by atoms with Gasteiger partial charge in [-0.15, -0.1) is 0 Å². The number of ether oxygens (including phenoxy) is 1. The van der Waals surface area contributed by atoms with Gasteiger partial charge >= 0.3 is 0 Å². The lowest BCUT2D eigenvalue weighted by molar-refractivity contribution is 0.0325. The highest BCUT2D eigenvalue weighted by Gasteiger charge is 2.15. The third-order valence-corrected chi connectivity index (χ3v) is 4.70. The maximum Gasteiger partial charge on any atom is 0.127 e. The van der Waals surface area contributed by atoms with E-state index in [4.69, 9.17) is 21.2 Å². The number of benzene rings is 2. The molecule has 0 bridgehead atoms. The molecule has 0 heterocycles. The third-order valence-electron chi connectivity index (χ3n) is 4.45. The van der Waals surface area contributed by atoms with Crippen molar-refractivity contribution >= 4 is 17.3 Å². The summed E-state index contributed by atoms with van der Waals surface area (Å²) in [7, 11) is 0. The molecular formula is C21H24ClNO3. The highest BCUT2D eigenvalue weighted by Crippen LogP contribution is 2.24. The summed E-state index contributed by atoms with van der Waals surface area (Å²) in [5.41, 5.74) is 1.69. The van der Waals surface area contributed by atoms with E-state index < -0.39 is 0 Å². The Morgan fingerprint density at radius 3 is 2.19 bits per heavy atom. The van der Waals surface area contributed by atoms with Crippen molar-refractivity contribution in [2.75, 3.05) is 6.61 Å². The van der Waals surface area contributed by atoms with Crippen molar-refractivity contribution in [1.29, 1.82) is 0 Å². The molecular weight excluding hydrogens is 350 g/mol. The predicted molar refractivity (Wildman–Crippen MR) is 104 cm³/mol. The normalized spacial score (nSPS) is 15.7. The van der Waals surface area contributed by atoms with Gasteiger partial charge in [-0.05, 0) is 79.8 Å². The molecule has 0 amide bonds. The molecule has 3 rings (SSSR count). The van der Waals surface area contributed by atoms with Crippen molar-refractivity contribution in [3.05, 3.63) is 59.1 Å². The predicted octanol–water partition coefficient (Wildman–Crippen LogP) is 5.57. The Balaban J connectivity index is 1.66. The zero-order valence-electron chi connectivity index (χ0n) is 14.7. The molecule has 2 aromatic carbocycles. The van der Waals surface area contributed by atoms with E-state index in [1.54, 1.807) is 12.1 Å². The second kappa shape index (κ2) is 9.60. The Hall–Kier alpha value is -2.04. The van der Waals surface area contributed by atoms with Crippen LogP contribution in [0.5, 0.6) is 11.5 Å². The van der Waals surface area contributed by atoms with Crippen molar-refractivity contribution in [3.63, 3.8) is 0 Å². The van der Waals surface area contributed by atoms with Gasteiger partial charge in [0.15, 0.2) is 0 Å². The highest BCUT2D eigenvalue weighted by molar-refractivity contribution is 6.30. The third kappa shape index (κ3) is 5.48. The number of halogens is 1. The number of hydrogen-bond acceptors (Lipinski definition) is 4. The number of aliphatic hydroxyl groups excluding tert-OH is 1. The summed E-state index contributed by atoms with van der Waals surface area (Å²) >= 11 is 5.88.